The van der Waals surface area contributed by atoms with Crippen molar-refractivity contribution in [1.82, 2.24) is 10.5 Å². The van der Waals surface area contributed by atoms with Gasteiger partial charge < -0.3 is 14.6 Å². The number of benzene rings is 1. The third kappa shape index (κ3) is 3.36. The summed E-state index contributed by atoms with van der Waals surface area (Å²) >= 11 is 3.54. The molecular weight excluding hydrogens is 308 g/mol. The first-order valence-corrected chi connectivity index (χ1v) is 6.86. The molecule has 1 aromatic heterocycles. The highest BCUT2D eigenvalue weighted by Gasteiger charge is 2.08. The summed E-state index contributed by atoms with van der Waals surface area (Å²) in [7, 11) is 1.67. The second kappa shape index (κ2) is 6.21. The first kappa shape index (κ1) is 14.1. The molecule has 0 spiro atoms. The number of ether oxygens (including phenoxy) is 1. The maximum absolute atomic E-state index is 5.23. The Kier molecular flexibility index (Phi) is 4.61. The molecule has 0 bridgehead atoms. The number of aromatic nitrogens is 1. The molecule has 0 aliphatic carbocycles. The van der Waals surface area contributed by atoms with E-state index in [4.69, 9.17) is 9.26 Å². The van der Waals surface area contributed by atoms with E-state index in [1.54, 1.807) is 7.11 Å². The predicted molar refractivity (Wildman–Crippen MR) is 77.2 cm³/mol. The van der Waals surface area contributed by atoms with Gasteiger partial charge in [-0.2, -0.15) is 0 Å². The highest BCUT2D eigenvalue weighted by atomic mass is 79.9. The molecule has 19 heavy (non-hydrogen) atoms. The van der Waals surface area contributed by atoms with E-state index in [9.17, 15) is 0 Å². The monoisotopic (exact) mass is 324 g/mol. The fourth-order valence-corrected chi connectivity index (χ4v) is 2.28. The molecule has 0 amide bonds. The maximum Gasteiger partial charge on any atom is 0.138 e. The lowest BCUT2D eigenvalue weighted by molar-refractivity contribution is 0.392. The molecule has 1 aromatic carbocycles. The Balaban J connectivity index is 1.99. The van der Waals surface area contributed by atoms with Gasteiger partial charge in [0.25, 0.3) is 0 Å². The van der Waals surface area contributed by atoms with Crippen molar-refractivity contribution in [2.75, 3.05) is 7.11 Å². The van der Waals surface area contributed by atoms with Crippen LogP contribution in [0.3, 0.4) is 0 Å². The minimum Gasteiger partial charge on any atom is -0.497 e. The minimum absolute atomic E-state index is 0.741. The fourth-order valence-electron chi connectivity index (χ4n) is 1.89. The van der Waals surface area contributed by atoms with Crippen LogP contribution in [0.2, 0.25) is 0 Å². The lowest BCUT2D eigenvalue weighted by atomic mass is 10.2. The highest BCUT2D eigenvalue weighted by molar-refractivity contribution is 9.10. The minimum atomic E-state index is 0.741. The number of nitrogens with one attached hydrogen (secondary N) is 1. The van der Waals surface area contributed by atoms with Crippen LogP contribution in [-0.4, -0.2) is 12.3 Å². The smallest absolute Gasteiger partial charge is 0.138 e. The number of nitrogens with zero attached hydrogens (tertiary/aromatic N) is 1. The first-order chi connectivity index (χ1) is 9.11. The molecule has 4 nitrogen and oxygen atoms in total. The van der Waals surface area contributed by atoms with Crippen LogP contribution in [0.25, 0.3) is 0 Å². The third-order valence-corrected chi connectivity index (χ3v) is 3.82. The van der Waals surface area contributed by atoms with Gasteiger partial charge in [-0.3, -0.25) is 0 Å². The van der Waals surface area contributed by atoms with E-state index in [0.717, 1.165) is 45.9 Å². The van der Waals surface area contributed by atoms with Crippen molar-refractivity contribution < 1.29 is 9.26 Å². The van der Waals surface area contributed by atoms with Gasteiger partial charge in [0, 0.05) is 23.1 Å². The van der Waals surface area contributed by atoms with Crippen molar-refractivity contribution in [3.8, 4) is 5.75 Å². The van der Waals surface area contributed by atoms with E-state index in [-0.39, 0.29) is 0 Å². The highest BCUT2D eigenvalue weighted by Crippen LogP contribution is 2.22. The van der Waals surface area contributed by atoms with E-state index in [1.165, 1.54) is 0 Å². The predicted octanol–water partition coefficient (Wildman–Crippen LogP) is 3.35. The lowest BCUT2D eigenvalue weighted by Gasteiger charge is -2.08. The van der Waals surface area contributed by atoms with Crippen LogP contribution in [0.4, 0.5) is 0 Å². The quantitative estimate of drug-likeness (QED) is 0.916. The van der Waals surface area contributed by atoms with Crippen LogP contribution < -0.4 is 10.1 Å². The molecule has 0 saturated heterocycles. The molecule has 0 radical (unpaired) electrons. The zero-order valence-electron chi connectivity index (χ0n) is 11.3. The molecule has 0 aliphatic rings. The van der Waals surface area contributed by atoms with Crippen LogP contribution >= 0.6 is 15.9 Å². The van der Waals surface area contributed by atoms with E-state index in [0.29, 0.717) is 0 Å². The molecule has 1 heterocycles. The molecule has 0 aliphatic heterocycles. The first-order valence-electron chi connectivity index (χ1n) is 6.06. The van der Waals surface area contributed by atoms with Gasteiger partial charge in [0.05, 0.1) is 12.8 Å². The van der Waals surface area contributed by atoms with Crippen LogP contribution in [0.1, 0.15) is 22.6 Å². The summed E-state index contributed by atoms with van der Waals surface area (Å²) in [5, 5.41) is 7.33. The van der Waals surface area contributed by atoms with E-state index in [1.807, 2.05) is 32.0 Å². The lowest BCUT2D eigenvalue weighted by Crippen LogP contribution is -2.14. The number of rotatable bonds is 5. The Morgan fingerprint density at radius 1 is 1.32 bits per heavy atom. The van der Waals surface area contributed by atoms with Crippen LogP contribution in [0, 0.1) is 13.8 Å². The zero-order valence-corrected chi connectivity index (χ0v) is 12.9. The summed E-state index contributed by atoms with van der Waals surface area (Å²) in [6.45, 7) is 5.38. The topological polar surface area (TPSA) is 47.3 Å². The van der Waals surface area contributed by atoms with Gasteiger partial charge in [0.15, 0.2) is 0 Å². The average Bonchev–Trinajstić information content (AvgIpc) is 2.72. The van der Waals surface area contributed by atoms with Crippen molar-refractivity contribution in [3.05, 3.63) is 45.3 Å². The Morgan fingerprint density at radius 2 is 2.11 bits per heavy atom. The molecule has 1 N–H and O–H groups in total. The maximum atomic E-state index is 5.23. The molecule has 102 valence electrons. The zero-order chi connectivity index (χ0) is 13.8. The number of hydrogen-bond acceptors (Lipinski definition) is 4. The van der Waals surface area contributed by atoms with E-state index >= 15 is 0 Å². The van der Waals surface area contributed by atoms with Gasteiger partial charge in [-0.1, -0.05) is 21.1 Å². The summed E-state index contributed by atoms with van der Waals surface area (Å²) < 4.78 is 11.4. The van der Waals surface area contributed by atoms with Crippen molar-refractivity contribution >= 4 is 15.9 Å². The van der Waals surface area contributed by atoms with Crippen molar-refractivity contribution in [3.63, 3.8) is 0 Å². The molecular formula is C14H17BrN2O2. The molecule has 0 saturated carbocycles. The normalized spacial score (nSPS) is 10.7. The molecule has 0 fully saturated rings. The van der Waals surface area contributed by atoms with Gasteiger partial charge in [-0.05, 0) is 37.6 Å². The molecule has 5 heteroatoms. The number of methoxy groups -OCH3 is 1. The Morgan fingerprint density at radius 3 is 2.74 bits per heavy atom. The summed E-state index contributed by atoms with van der Waals surface area (Å²) in [6, 6.07) is 5.94. The summed E-state index contributed by atoms with van der Waals surface area (Å²) in [5.41, 5.74) is 3.22. The SMILES string of the molecule is COc1ccc(Br)c(CNCc2c(C)noc2C)c1. The van der Waals surface area contributed by atoms with E-state index < -0.39 is 0 Å². The van der Waals surface area contributed by atoms with Gasteiger partial charge in [0.1, 0.15) is 11.5 Å². The second-order valence-corrected chi connectivity index (χ2v) is 5.22. The Hall–Kier alpha value is -1.33. The van der Waals surface area contributed by atoms with Gasteiger partial charge >= 0.3 is 0 Å². The average molecular weight is 325 g/mol. The van der Waals surface area contributed by atoms with Crippen molar-refractivity contribution in [1.29, 1.82) is 0 Å². The standard InChI is InChI=1S/C14H17BrN2O2/c1-9-13(10(2)19-17-9)8-16-7-11-6-12(18-3)4-5-14(11)15/h4-6,16H,7-8H2,1-3H3. The molecule has 2 rings (SSSR count). The number of halogens is 1. The van der Waals surface area contributed by atoms with Crippen LogP contribution in [0.5, 0.6) is 5.75 Å². The number of hydrogen-bond donors (Lipinski definition) is 1. The van der Waals surface area contributed by atoms with Gasteiger partial charge in [-0.25, -0.2) is 0 Å². The molecule has 2 aromatic rings. The number of aryl methyl sites for hydroxylation is 2. The summed E-state index contributed by atoms with van der Waals surface area (Å²) in [4.78, 5) is 0. The van der Waals surface area contributed by atoms with E-state index in [2.05, 4.69) is 26.4 Å². The van der Waals surface area contributed by atoms with Crippen LogP contribution in [-0.2, 0) is 13.1 Å². The Labute approximate surface area is 121 Å². The second-order valence-electron chi connectivity index (χ2n) is 4.36. The van der Waals surface area contributed by atoms with Gasteiger partial charge in [-0.15, -0.1) is 0 Å². The Bertz CT molecular complexity index is 547. The van der Waals surface area contributed by atoms with Gasteiger partial charge in [0.2, 0.25) is 0 Å². The summed E-state index contributed by atoms with van der Waals surface area (Å²) in [6.07, 6.45) is 0. The largest absolute Gasteiger partial charge is 0.497 e. The van der Waals surface area contributed by atoms with Crippen molar-refractivity contribution in [2.45, 2.75) is 26.9 Å². The summed E-state index contributed by atoms with van der Waals surface area (Å²) in [5.74, 6) is 1.73. The molecule has 0 atom stereocenters. The fraction of sp³-hybridized carbons (Fsp3) is 0.357. The van der Waals surface area contributed by atoms with Crippen LogP contribution in [0.15, 0.2) is 27.2 Å². The molecule has 0 unspecified atom stereocenters. The van der Waals surface area contributed by atoms with Crippen molar-refractivity contribution in [2.24, 2.45) is 0 Å². The third-order valence-electron chi connectivity index (χ3n) is 3.05.